The van der Waals surface area contributed by atoms with E-state index >= 15 is 4.79 Å². The Balaban J connectivity index is 1.23. The summed E-state index contributed by atoms with van der Waals surface area (Å²) >= 11 is 0. The van der Waals surface area contributed by atoms with E-state index in [4.69, 9.17) is 14.2 Å². The summed E-state index contributed by atoms with van der Waals surface area (Å²) < 4.78 is 19.1. The van der Waals surface area contributed by atoms with Gasteiger partial charge in [0.05, 0.1) is 51.1 Å². The molecule has 4 aliphatic heterocycles. The average Bonchev–Trinajstić information content (AvgIpc) is 3.55. The Morgan fingerprint density at radius 1 is 1.12 bits per heavy atom. The van der Waals surface area contributed by atoms with Gasteiger partial charge >= 0.3 is 0 Å². The second kappa shape index (κ2) is 14.8. The van der Waals surface area contributed by atoms with Gasteiger partial charge < -0.3 is 24.0 Å². The summed E-state index contributed by atoms with van der Waals surface area (Å²) in [7, 11) is 3.85. The number of nitrogens with one attached hydrogen (secondary N) is 1. The molecule has 0 radical (unpaired) electrons. The molecule has 3 saturated heterocycles. The van der Waals surface area contributed by atoms with E-state index in [1.54, 1.807) is 12.0 Å². The zero-order valence-electron chi connectivity index (χ0n) is 29.4. The summed E-state index contributed by atoms with van der Waals surface area (Å²) in [5.74, 6) is 0.861. The number of likely N-dealkylation sites (N-methyl/N-ethyl adjacent to an activating group) is 1. The number of fused-ring (bicyclic) bond motifs is 2. The van der Waals surface area contributed by atoms with E-state index in [9.17, 15) is 10.1 Å². The van der Waals surface area contributed by atoms with Crippen molar-refractivity contribution in [1.29, 1.82) is 5.26 Å². The standard InChI is InChI=1S/C38H54N6O5/c1-4-33(45)43-20-19-42(23-29(43)15-17-39)36-32-14-16-38(22-26-12-13-31(47-3)21-27(26)24-49-38)35(46)34(32)44(28-9-6-5-7-10-28)37(40-36)48-25-30-11-8-18-41(30)2/h4,12-13,21,28-30,32,34,36-37,40H,1,5-11,14-16,18-20,22-25H2,2-3H3/t29?,30?,32?,34?,36?,37?,38-/m0/s1. The minimum atomic E-state index is -0.883. The predicted molar refractivity (Wildman–Crippen MR) is 184 cm³/mol. The van der Waals surface area contributed by atoms with E-state index in [1.165, 1.54) is 18.9 Å². The molecule has 7 atom stereocenters. The molecule has 266 valence electrons. The fourth-order valence-corrected chi connectivity index (χ4v) is 9.78. The quantitative estimate of drug-likeness (QED) is 0.412. The number of methoxy groups -OCH3 is 1. The van der Waals surface area contributed by atoms with Crippen molar-refractivity contribution in [3.63, 3.8) is 0 Å². The molecule has 4 heterocycles. The lowest BCUT2D eigenvalue weighted by Gasteiger charge is -2.60. The number of carbonyl (C=O) groups excluding carboxylic acids is 2. The Kier molecular flexibility index (Phi) is 10.4. The molecule has 11 nitrogen and oxygen atoms in total. The van der Waals surface area contributed by atoms with Crippen molar-refractivity contribution in [2.75, 3.05) is 46.9 Å². The van der Waals surface area contributed by atoms with Crippen LogP contribution in [-0.2, 0) is 32.1 Å². The van der Waals surface area contributed by atoms with Crippen molar-refractivity contribution in [2.24, 2.45) is 5.92 Å². The first-order valence-corrected chi connectivity index (χ1v) is 18.6. The third kappa shape index (κ3) is 6.68. The maximum absolute atomic E-state index is 15.3. The number of hydrogen-bond donors (Lipinski definition) is 1. The molecular formula is C38H54N6O5. The van der Waals surface area contributed by atoms with Gasteiger partial charge in [-0.3, -0.25) is 24.7 Å². The Hall–Kier alpha value is -2.85. The molecule has 1 N–H and O–H groups in total. The van der Waals surface area contributed by atoms with Gasteiger partial charge in [-0.05, 0) is 81.5 Å². The molecule has 2 aliphatic carbocycles. The fraction of sp³-hybridized carbons (Fsp3) is 0.711. The second-order valence-corrected chi connectivity index (χ2v) is 15.2. The van der Waals surface area contributed by atoms with Gasteiger partial charge in [0.2, 0.25) is 5.91 Å². The maximum atomic E-state index is 15.3. The fourth-order valence-electron chi connectivity index (χ4n) is 9.78. The molecule has 0 aromatic heterocycles. The van der Waals surface area contributed by atoms with Crippen LogP contribution in [0.3, 0.4) is 0 Å². The van der Waals surface area contributed by atoms with Crippen LogP contribution in [0.5, 0.6) is 5.75 Å². The van der Waals surface area contributed by atoms with Gasteiger partial charge in [0.1, 0.15) is 11.4 Å². The number of Topliss-reactive ketones (excluding diaryl/α,β-unsaturated/α-hetero) is 1. The highest BCUT2D eigenvalue weighted by molar-refractivity contribution is 5.94. The molecule has 6 unspecified atom stereocenters. The van der Waals surface area contributed by atoms with Crippen LogP contribution in [0.2, 0.25) is 0 Å². The van der Waals surface area contributed by atoms with Crippen molar-refractivity contribution >= 4 is 11.7 Å². The van der Waals surface area contributed by atoms with Crippen molar-refractivity contribution < 1.29 is 23.8 Å². The molecule has 1 spiro atoms. The molecule has 7 rings (SSSR count). The number of carbonyl (C=O) groups is 2. The number of nitriles is 1. The largest absolute Gasteiger partial charge is 0.497 e. The highest BCUT2D eigenvalue weighted by Gasteiger charge is 2.60. The monoisotopic (exact) mass is 674 g/mol. The minimum absolute atomic E-state index is 0.0133. The van der Waals surface area contributed by atoms with E-state index in [0.29, 0.717) is 51.7 Å². The average molecular weight is 675 g/mol. The van der Waals surface area contributed by atoms with Crippen LogP contribution < -0.4 is 10.1 Å². The van der Waals surface area contributed by atoms with Gasteiger partial charge in [0, 0.05) is 44.1 Å². The zero-order valence-corrected chi connectivity index (χ0v) is 29.4. The number of likely N-dealkylation sites (tertiary alicyclic amines) is 1. The van der Waals surface area contributed by atoms with Crippen LogP contribution >= 0.6 is 0 Å². The van der Waals surface area contributed by atoms with E-state index < -0.39 is 12.0 Å². The first kappa shape index (κ1) is 34.6. The van der Waals surface area contributed by atoms with E-state index in [1.807, 2.05) is 12.1 Å². The van der Waals surface area contributed by atoms with Crippen molar-refractivity contribution in [3.8, 4) is 11.8 Å². The normalized spacial score (nSPS) is 34.7. The Morgan fingerprint density at radius 3 is 2.69 bits per heavy atom. The lowest BCUT2D eigenvalue weighted by molar-refractivity contribution is -0.216. The molecular weight excluding hydrogens is 620 g/mol. The molecule has 6 aliphatic rings. The summed E-state index contributed by atoms with van der Waals surface area (Å²) in [6.45, 7) is 7.49. The van der Waals surface area contributed by atoms with E-state index in [-0.39, 0.29) is 48.3 Å². The first-order valence-electron chi connectivity index (χ1n) is 18.6. The minimum Gasteiger partial charge on any atom is -0.497 e. The topological polar surface area (TPSA) is 111 Å². The summed E-state index contributed by atoms with van der Waals surface area (Å²) in [4.78, 5) is 37.1. The van der Waals surface area contributed by atoms with Gasteiger partial charge in [-0.2, -0.15) is 5.26 Å². The Morgan fingerprint density at radius 2 is 1.96 bits per heavy atom. The summed E-state index contributed by atoms with van der Waals surface area (Å²) in [5.41, 5.74) is 1.37. The third-order valence-electron chi connectivity index (χ3n) is 12.5. The number of benzene rings is 1. The molecule has 2 saturated carbocycles. The number of nitrogens with zero attached hydrogens (tertiary/aromatic N) is 5. The zero-order chi connectivity index (χ0) is 34.1. The number of piperazine rings is 1. The van der Waals surface area contributed by atoms with Gasteiger partial charge in [0.15, 0.2) is 12.1 Å². The number of hydrogen-bond acceptors (Lipinski definition) is 10. The number of amides is 1. The molecule has 11 heteroatoms. The SMILES string of the molecule is C=CC(=O)N1CCN(C2NC(OCC3CCCN3C)N(C3CCCCC3)C3C(=O)[C@]4(CCC23)Cc2ccc(OC)cc2CO4)CC1CC#N. The summed E-state index contributed by atoms with van der Waals surface area (Å²) in [5, 5.41) is 13.7. The van der Waals surface area contributed by atoms with Gasteiger partial charge in [-0.1, -0.05) is 31.9 Å². The maximum Gasteiger partial charge on any atom is 0.246 e. The van der Waals surface area contributed by atoms with Crippen molar-refractivity contribution in [3.05, 3.63) is 42.0 Å². The van der Waals surface area contributed by atoms with E-state index in [2.05, 4.69) is 45.8 Å². The molecule has 5 fully saturated rings. The molecule has 0 bridgehead atoms. The molecule has 1 aromatic rings. The van der Waals surface area contributed by atoms with Crippen molar-refractivity contribution in [2.45, 2.75) is 120 Å². The lowest BCUT2D eigenvalue weighted by Crippen LogP contribution is -2.77. The highest BCUT2D eigenvalue weighted by atomic mass is 16.5. The number of ether oxygens (including phenoxy) is 3. The highest BCUT2D eigenvalue weighted by Crippen LogP contribution is 2.46. The number of ketones is 1. The Labute approximate surface area is 291 Å². The van der Waals surface area contributed by atoms with Crippen molar-refractivity contribution in [1.82, 2.24) is 24.9 Å². The first-order chi connectivity index (χ1) is 23.9. The summed E-state index contributed by atoms with van der Waals surface area (Å²) in [6.07, 6.45) is 11.0. The number of rotatable bonds is 8. The van der Waals surface area contributed by atoms with Crippen LogP contribution in [0.15, 0.2) is 30.9 Å². The molecule has 49 heavy (non-hydrogen) atoms. The van der Waals surface area contributed by atoms with Gasteiger partial charge in [-0.25, -0.2) is 0 Å². The lowest BCUT2D eigenvalue weighted by atomic mass is 9.67. The third-order valence-corrected chi connectivity index (χ3v) is 12.5. The van der Waals surface area contributed by atoms with Crippen LogP contribution in [-0.4, -0.2) is 121 Å². The van der Waals surface area contributed by atoms with Gasteiger partial charge in [-0.15, -0.1) is 0 Å². The van der Waals surface area contributed by atoms with Crippen LogP contribution in [0, 0.1) is 17.2 Å². The smallest absolute Gasteiger partial charge is 0.246 e. The summed E-state index contributed by atoms with van der Waals surface area (Å²) in [6, 6.07) is 8.42. The predicted octanol–water partition coefficient (Wildman–Crippen LogP) is 3.43. The Bertz CT molecular complexity index is 1430. The van der Waals surface area contributed by atoms with Crippen LogP contribution in [0.25, 0.3) is 0 Å². The molecule has 1 aromatic carbocycles. The second-order valence-electron chi connectivity index (χ2n) is 15.2. The van der Waals surface area contributed by atoms with E-state index in [0.717, 1.165) is 61.9 Å². The van der Waals surface area contributed by atoms with Crippen LogP contribution in [0.1, 0.15) is 75.3 Å². The van der Waals surface area contributed by atoms with Gasteiger partial charge in [0.25, 0.3) is 0 Å². The molecule has 1 amide bonds. The van der Waals surface area contributed by atoms with Crippen LogP contribution in [0.4, 0.5) is 0 Å².